The maximum Gasteiger partial charge on any atom is 0.416 e. The molecule has 2 amide bonds. The third-order valence-corrected chi connectivity index (χ3v) is 6.31. The fraction of sp³-hybridized carbons (Fsp3) is 0.417. The molecular weight excluding hydrogens is 438 g/mol. The Hall–Kier alpha value is -2.94. The first kappa shape index (κ1) is 23.2. The molecule has 33 heavy (non-hydrogen) atoms. The van der Waals surface area contributed by atoms with Crippen molar-refractivity contribution in [2.45, 2.75) is 49.4 Å². The summed E-state index contributed by atoms with van der Waals surface area (Å²) in [7, 11) is 0. The van der Waals surface area contributed by atoms with Crippen LogP contribution in [0, 0.1) is 5.82 Å². The van der Waals surface area contributed by atoms with Gasteiger partial charge in [0.15, 0.2) is 0 Å². The maximum atomic E-state index is 14.6. The summed E-state index contributed by atoms with van der Waals surface area (Å²) >= 11 is 0. The summed E-state index contributed by atoms with van der Waals surface area (Å²) in [5.74, 6) is -1.97. The van der Waals surface area contributed by atoms with Crippen LogP contribution in [0.1, 0.15) is 36.0 Å². The molecule has 176 valence electrons. The van der Waals surface area contributed by atoms with Gasteiger partial charge in [0.2, 0.25) is 11.8 Å². The van der Waals surface area contributed by atoms with Crippen LogP contribution in [-0.4, -0.2) is 37.0 Å². The van der Waals surface area contributed by atoms with Gasteiger partial charge in [-0.2, -0.15) is 13.2 Å². The largest absolute Gasteiger partial charge is 0.416 e. The Morgan fingerprint density at radius 2 is 1.85 bits per heavy atom. The lowest BCUT2D eigenvalue weighted by Gasteiger charge is -2.24. The van der Waals surface area contributed by atoms with Gasteiger partial charge in [-0.1, -0.05) is 36.4 Å². The average Bonchev–Trinajstić information content (AvgIpc) is 3.42. The molecule has 2 aromatic rings. The van der Waals surface area contributed by atoms with Crippen molar-refractivity contribution in [2.75, 3.05) is 13.1 Å². The minimum atomic E-state index is -4.67. The summed E-state index contributed by atoms with van der Waals surface area (Å²) in [5.41, 5.74) is -1.61. The van der Waals surface area contributed by atoms with Crippen LogP contribution in [0.3, 0.4) is 0 Å². The third kappa shape index (κ3) is 5.19. The van der Waals surface area contributed by atoms with E-state index in [9.17, 15) is 27.2 Å². The average molecular weight is 463 g/mol. The Morgan fingerprint density at radius 3 is 2.42 bits per heavy atom. The number of rotatable bonds is 7. The van der Waals surface area contributed by atoms with Crippen molar-refractivity contribution >= 4 is 11.8 Å². The first-order valence-corrected chi connectivity index (χ1v) is 10.9. The highest BCUT2D eigenvalue weighted by Crippen LogP contribution is 2.50. The van der Waals surface area contributed by atoms with Gasteiger partial charge < -0.3 is 16.0 Å². The van der Waals surface area contributed by atoms with Crippen molar-refractivity contribution < 1.29 is 27.2 Å². The number of amides is 2. The van der Waals surface area contributed by atoms with Crippen molar-refractivity contribution in [2.24, 2.45) is 0 Å². The highest BCUT2D eigenvalue weighted by Gasteiger charge is 2.53. The lowest BCUT2D eigenvalue weighted by atomic mass is 9.92. The van der Waals surface area contributed by atoms with Gasteiger partial charge in [0, 0.05) is 24.6 Å². The van der Waals surface area contributed by atoms with E-state index in [-0.39, 0.29) is 23.9 Å². The second kappa shape index (κ2) is 9.13. The van der Waals surface area contributed by atoms with E-state index in [1.165, 1.54) is 0 Å². The summed E-state index contributed by atoms with van der Waals surface area (Å²) < 4.78 is 53.4. The van der Waals surface area contributed by atoms with Crippen LogP contribution >= 0.6 is 0 Å². The van der Waals surface area contributed by atoms with E-state index in [0.29, 0.717) is 25.5 Å². The number of nitrogens with one attached hydrogen (secondary N) is 3. The van der Waals surface area contributed by atoms with Crippen LogP contribution in [0.15, 0.2) is 48.5 Å². The molecule has 2 fully saturated rings. The topological polar surface area (TPSA) is 70.2 Å². The van der Waals surface area contributed by atoms with Gasteiger partial charge in [-0.05, 0) is 43.5 Å². The number of alkyl halides is 3. The normalized spacial score (nSPS) is 20.2. The quantitative estimate of drug-likeness (QED) is 0.553. The minimum Gasteiger partial charge on any atom is -0.350 e. The standard InChI is InChI=1S/C24H25F4N3O2/c25-19-13-16(24(26,27)28)6-7-18(19)23(9-10-23)22(33)31-20(12-15-4-2-1-3-5-15)21(32)30-17-8-11-29-14-17/h1-7,13,17,20,29H,8-12,14H2,(H,30,32)(H,31,33). The number of hydrogen-bond donors (Lipinski definition) is 3. The molecule has 1 heterocycles. The Labute approximate surface area is 188 Å². The van der Waals surface area contributed by atoms with E-state index in [1.54, 1.807) is 0 Å². The second-order valence-corrected chi connectivity index (χ2v) is 8.69. The molecule has 0 bridgehead atoms. The molecule has 0 aromatic heterocycles. The summed E-state index contributed by atoms with van der Waals surface area (Å²) in [6, 6.07) is 10.5. The summed E-state index contributed by atoms with van der Waals surface area (Å²) in [6.45, 7) is 1.43. The molecule has 9 heteroatoms. The van der Waals surface area contributed by atoms with Crippen LogP contribution in [-0.2, 0) is 27.6 Å². The molecule has 0 radical (unpaired) electrons. The van der Waals surface area contributed by atoms with Gasteiger partial charge in [-0.3, -0.25) is 9.59 Å². The van der Waals surface area contributed by atoms with E-state index in [4.69, 9.17) is 0 Å². The van der Waals surface area contributed by atoms with Gasteiger partial charge in [0.1, 0.15) is 11.9 Å². The molecule has 5 nitrogen and oxygen atoms in total. The molecule has 1 aliphatic carbocycles. The van der Waals surface area contributed by atoms with Gasteiger partial charge >= 0.3 is 6.18 Å². The Morgan fingerprint density at radius 1 is 1.12 bits per heavy atom. The molecule has 1 aliphatic heterocycles. The molecule has 1 saturated heterocycles. The summed E-state index contributed by atoms with van der Waals surface area (Å²) in [4.78, 5) is 26.2. The summed E-state index contributed by atoms with van der Waals surface area (Å²) in [5, 5.41) is 8.85. The number of halogens is 4. The van der Waals surface area contributed by atoms with Crippen LogP contribution in [0.25, 0.3) is 0 Å². The molecule has 2 aliphatic rings. The summed E-state index contributed by atoms with van der Waals surface area (Å²) in [6.07, 6.45) is -3.06. The number of benzene rings is 2. The smallest absolute Gasteiger partial charge is 0.350 e. The van der Waals surface area contributed by atoms with Crippen molar-refractivity contribution in [3.63, 3.8) is 0 Å². The van der Waals surface area contributed by atoms with Crippen molar-refractivity contribution in [1.29, 1.82) is 0 Å². The van der Waals surface area contributed by atoms with Crippen LogP contribution in [0.4, 0.5) is 17.6 Å². The Kier molecular flexibility index (Phi) is 6.43. The zero-order valence-electron chi connectivity index (χ0n) is 17.8. The van der Waals surface area contributed by atoms with Gasteiger partial charge in [-0.25, -0.2) is 4.39 Å². The van der Waals surface area contributed by atoms with Gasteiger partial charge in [-0.15, -0.1) is 0 Å². The first-order valence-electron chi connectivity index (χ1n) is 10.9. The predicted molar refractivity (Wildman–Crippen MR) is 114 cm³/mol. The molecule has 2 unspecified atom stereocenters. The third-order valence-electron chi connectivity index (χ3n) is 6.31. The van der Waals surface area contributed by atoms with Crippen LogP contribution in [0.5, 0.6) is 0 Å². The minimum absolute atomic E-state index is 0.0464. The molecule has 2 atom stereocenters. The highest BCUT2D eigenvalue weighted by atomic mass is 19.4. The molecule has 1 saturated carbocycles. The molecule has 0 spiro atoms. The fourth-order valence-corrected chi connectivity index (χ4v) is 4.26. The van der Waals surface area contributed by atoms with Crippen molar-refractivity contribution in [3.05, 3.63) is 71.0 Å². The lowest BCUT2D eigenvalue weighted by molar-refractivity contribution is -0.137. The van der Waals surface area contributed by atoms with Crippen molar-refractivity contribution in [3.8, 4) is 0 Å². The number of carbonyl (C=O) groups is 2. The van der Waals surface area contributed by atoms with E-state index in [1.807, 2.05) is 30.3 Å². The number of hydrogen-bond acceptors (Lipinski definition) is 3. The van der Waals surface area contributed by atoms with E-state index in [0.717, 1.165) is 30.7 Å². The zero-order chi connectivity index (χ0) is 23.6. The lowest BCUT2D eigenvalue weighted by Crippen LogP contribution is -2.53. The van der Waals surface area contributed by atoms with Gasteiger partial charge in [0.25, 0.3) is 0 Å². The SMILES string of the molecule is O=C(NC1CCNC1)C(Cc1ccccc1)NC(=O)C1(c2ccc(C(F)(F)F)cc2F)CC1. The first-order chi connectivity index (χ1) is 15.7. The van der Waals surface area contributed by atoms with Crippen molar-refractivity contribution in [1.82, 2.24) is 16.0 Å². The molecule has 3 N–H and O–H groups in total. The Balaban J connectivity index is 1.53. The van der Waals surface area contributed by atoms with E-state index >= 15 is 0 Å². The molecule has 2 aromatic carbocycles. The van der Waals surface area contributed by atoms with Crippen LogP contribution < -0.4 is 16.0 Å². The zero-order valence-corrected chi connectivity index (χ0v) is 17.8. The predicted octanol–water partition coefficient (Wildman–Crippen LogP) is 3.08. The number of carbonyl (C=O) groups excluding carboxylic acids is 2. The Bertz CT molecular complexity index is 1020. The maximum absolute atomic E-state index is 14.6. The molecule has 4 rings (SSSR count). The van der Waals surface area contributed by atoms with E-state index in [2.05, 4.69) is 16.0 Å². The van der Waals surface area contributed by atoms with Crippen LogP contribution in [0.2, 0.25) is 0 Å². The van der Waals surface area contributed by atoms with E-state index < -0.39 is 34.9 Å². The van der Waals surface area contributed by atoms with Gasteiger partial charge in [0.05, 0.1) is 11.0 Å². The fourth-order valence-electron chi connectivity index (χ4n) is 4.26. The monoisotopic (exact) mass is 463 g/mol. The second-order valence-electron chi connectivity index (χ2n) is 8.69. The molecular formula is C24H25F4N3O2. The highest BCUT2D eigenvalue weighted by molar-refractivity contribution is 5.95.